The van der Waals surface area contributed by atoms with E-state index in [1.54, 1.807) is 17.4 Å². The zero-order valence-corrected chi connectivity index (χ0v) is 11.6. The van der Waals surface area contributed by atoms with Crippen LogP contribution >= 0.6 is 22.9 Å². The molecule has 3 aromatic heterocycles. The van der Waals surface area contributed by atoms with Crippen LogP contribution < -0.4 is 0 Å². The lowest BCUT2D eigenvalue weighted by Crippen LogP contribution is -1.93. The molecule has 96 valence electrons. The summed E-state index contributed by atoms with van der Waals surface area (Å²) in [5.41, 5.74) is 0.310. The third kappa shape index (κ3) is 2.19. The molecular formula is C13H9ClFN3S. The third-order valence-corrected chi connectivity index (χ3v) is 4.22. The molecule has 0 saturated carbocycles. The highest BCUT2D eigenvalue weighted by Crippen LogP contribution is 2.31. The molecule has 0 spiro atoms. The molecule has 0 aliphatic heterocycles. The molecular weight excluding hydrogens is 285 g/mol. The molecule has 0 saturated heterocycles. The molecule has 0 unspecified atom stereocenters. The second kappa shape index (κ2) is 4.83. The number of hydrogen-bond donors (Lipinski definition) is 0. The van der Waals surface area contributed by atoms with E-state index in [0.29, 0.717) is 16.5 Å². The molecule has 3 nitrogen and oxygen atoms in total. The predicted octanol–water partition coefficient (Wildman–Crippen LogP) is 4.11. The van der Waals surface area contributed by atoms with E-state index >= 15 is 0 Å². The predicted molar refractivity (Wildman–Crippen MR) is 75.0 cm³/mol. The van der Waals surface area contributed by atoms with Crippen molar-refractivity contribution in [2.45, 2.75) is 13.3 Å². The Balaban J connectivity index is 2.23. The van der Waals surface area contributed by atoms with Gasteiger partial charge in [0.15, 0.2) is 11.6 Å². The summed E-state index contributed by atoms with van der Waals surface area (Å²) in [5.74, 6) is -0.160. The van der Waals surface area contributed by atoms with Gasteiger partial charge < -0.3 is 0 Å². The van der Waals surface area contributed by atoms with Gasteiger partial charge in [-0.25, -0.2) is 14.4 Å². The molecule has 0 aliphatic carbocycles. The Morgan fingerprint density at radius 1 is 1.37 bits per heavy atom. The Labute approximate surface area is 118 Å². The van der Waals surface area contributed by atoms with Gasteiger partial charge in [-0.3, -0.25) is 4.98 Å². The van der Waals surface area contributed by atoms with Crippen LogP contribution in [0.4, 0.5) is 4.39 Å². The largest absolute Gasteiger partial charge is 0.262 e. The Morgan fingerprint density at radius 2 is 2.21 bits per heavy atom. The second-order valence-electron chi connectivity index (χ2n) is 3.98. The van der Waals surface area contributed by atoms with Crippen LogP contribution in [-0.2, 0) is 6.42 Å². The molecule has 0 aliphatic rings. The van der Waals surface area contributed by atoms with Crippen molar-refractivity contribution in [3.63, 3.8) is 0 Å². The number of rotatable bonds is 2. The van der Waals surface area contributed by atoms with Gasteiger partial charge in [-0.1, -0.05) is 18.5 Å². The molecule has 0 N–H and O–H groups in total. The first-order valence-corrected chi connectivity index (χ1v) is 6.94. The molecule has 0 aromatic carbocycles. The zero-order chi connectivity index (χ0) is 13.4. The zero-order valence-electron chi connectivity index (χ0n) is 10.0. The van der Waals surface area contributed by atoms with Gasteiger partial charge in [0.05, 0.1) is 11.8 Å². The number of thiophene rings is 1. The second-order valence-corrected chi connectivity index (χ2v) is 5.45. The number of nitrogens with zero attached hydrogens (tertiary/aromatic N) is 3. The highest BCUT2D eigenvalue weighted by Gasteiger charge is 2.13. The summed E-state index contributed by atoms with van der Waals surface area (Å²) < 4.78 is 13.7. The number of hydrogen-bond acceptors (Lipinski definition) is 4. The van der Waals surface area contributed by atoms with E-state index < -0.39 is 5.82 Å². The van der Waals surface area contributed by atoms with E-state index in [9.17, 15) is 4.39 Å². The molecule has 0 amide bonds. The van der Waals surface area contributed by atoms with Gasteiger partial charge in [0, 0.05) is 16.5 Å². The molecule has 3 heterocycles. The molecule has 0 bridgehead atoms. The molecule has 0 atom stereocenters. The molecule has 3 aromatic rings. The lowest BCUT2D eigenvalue weighted by Gasteiger charge is -2.02. The van der Waals surface area contributed by atoms with Gasteiger partial charge in [-0.05, 0) is 18.6 Å². The molecule has 19 heavy (non-hydrogen) atoms. The minimum atomic E-state index is -0.454. The summed E-state index contributed by atoms with van der Waals surface area (Å²) in [7, 11) is 0. The highest BCUT2D eigenvalue weighted by atomic mass is 35.5. The van der Waals surface area contributed by atoms with E-state index in [2.05, 4.69) is 21.9 Å². The van der Waals surface area contributed by atoms with Gasteiger partial charge in [0.25, 0.3) is 0 Å². The summed E-state index contributed by atoms with van der Waals surface area (Å²) in [4.78, 5) is 14.2. The summed E-state index contributed by atoms with van der Waals surface area (Å²) in [6.07, 6.45) is 3.56. The van der Waals surface area contributed by atoms with Crippen LogP contribution in [0, 0.1) is 5.82 Å². The fraction of sp³-hybridized carbons (Fsp3) is 0.154. The average molecular weight is 294 g/mol. The monoisotopic (exact) mass is 293 g/mol. The lowest BCUT2D eigenvalue weighted by atomic mass is 10.2. The van der Waals surface area contributed by atoms with Gasteiger partial charge in [-0.15, -0.1) is 11.3 Å². The van der Waals surface area contributed by atoms with Crippen molar-refractivity contribution < 1.29 is 4.39 Å². The first-order chi connectivity index (χ1) is 9.19. The summed E-state index contributed by atoms with van der Waals surface area (Å²) in [6, 6.07) is 3.52. The average Bonchev–Trinajstić information content (AvgIpc) is 2.83. The lowest BCUT2D eigenvalue weighted by molar-refractivity contribution is 0.623. The fourth-order valence-corrected chi connectivity index (χ4v) is 3.04. The van der Waals surface area contributed by atoms with Gasteiger partial charge in [0.2, 0.25) is 0 Å². The first kappa shape index (κ1) is 12.4. The molecule has 6 heteroatoms. The quantitative estimate of drug-likeness (QED) is 0.668. The van der Waals surface area contributed by atoms with Crippen molar-refractivity contribution in [2.24, 2.45) is 0 Å². The minimum Gasteiger partial charge on any atom is -0.262 e. The van der Waals surface area contributed by atoms with Crippen LogP contribution in [-0.4, -0.2) is 15.0 Å². The minimum absolute atomic E-state index is 0.293. The van der Waals surface area contributed by atoms with E-state index in [-0.39, 0.29) is 0 Å². The van der Waals surface area contributed by atoms with Crippen LogP contribution in [0.2, 0.25) is 5.15 Å². The Kier molecular flexibility index (Phi) is 3.16. The van der Waals surface area contributed by atoms with Crippen molar-refractivity contribution in [1.29, 1.82) is 0 Å². The van der Waals surface area contributed by atoms with Crippen LogP contribution in [0.25, 0.3) is 21.6 Å². The fourth-order valence-electron chi connectivity index (χ4n) is 1.79. The third-order valence-electron chi connectivity index (χ3n) is 2.76. The van der Waals surface area contributed by atoms with Crippen molar-refractivity contribution in [2.75, 3.05) is 0 Å². The van der Waals surface area contributed by atoms with E-state index in [1.807, 2.05) is 6.07 Å². The van der Waals surface area contributed by atoms with Crippen LogP contribution in [0.1, 0.15) is 11.8 Å². The van der Waals surface area contributed by atoms with Gasteiger partial charge in [0.1, 0.15) is 9.98 Å². The summed E-state index contributed by atoms with van der Waals surface area (Å²) >= 11 is 7.70. The van der Waals surface area contributed by atoms with Crippen LogP contribution in [0.5, 0.6) is 0 Å². The maximum absolute atomic E-state index is 13.7. The Hall–Kier alpha value is -1.59. The van der Waals surface area contributed by atoms with Crippen molar-refractivity contribution in [3.05, 3.63) is 40.4 Å². The van der Waals surface area contributed by atoms with Crippen molar-refractivity contribution in [1.82, 2.24) is 15.0 Å². The van der Waals surface area contributed by atoms with E-state index in [0.717, 1.165) is 22.8 Å². The molecule has 0 fully saturated rings. The normalized spacial score (nSPS) is 11.1. The summed E-state index contributed by atoms with van der Waals surface area (Å²) in [5, 5.41) is 1.17. The SMILES string of the molecule is CCc1cc2c(Cl)nc(-c3ccncc3F)nc2s1. The highest BCUT2D eigenvalue weighted by molar-refractivity contribution is 7.18. The van der Waals surface area contributed by atoms with Gasteiger partial charge >= 0.3 is 0 Å². The van der Waals surface area contributed by atoms with Crippen LogP contribution in [0.15, 0.2) is 24.5 Å². The number of pyridine rings is 1. The number of aryl methyl sites for hydroxylation is 1. The summed E-state index contributed by atoms with van der Waals surface area (Å²) in [6.45, 7) is 2.06. The van der Waals surface area contributed by atoms with Gasteiger partial charge in [-0.2, -0.15) is 0 Å². The Morgan fingerprint density at radius 3 is 2.95 bits per heavy atom. The number of halogens is 2. The van der Waals surface area contributed by atoms with E-state index in [4.69, 9.17) is 11.6 Å². The molecule has 3 rings (SSSR count). The van der Waals surface area contributed by atoms with E-state index in [1.165, 1.54) is 11.1 Å². The maximum Gasteiger partial charge on any atom is 0.165 e. The molecule has 0 radical (unpaired) electrons. The first-order valence-electron chi connectivity index (χ1n) is 5.75. The number of aromatic nitrogens is 3. The smallest absolute Gasteiger partial charge is 0.165 e. The van der Waals surface area contributed by atoms with Crippen LogP contribution in [0.3, 0.4) is 0 Å². The van der Waals surface area contributed by atoms with Crippen molar-refractivity contribution in [3.8, 4) is 11.4 Å². The van der Waals surface area contributed by atoms with Crippen molar-refractivity contribution >= 4 is 33.2 Å². The standard InChI is InChI=1S/C13H9ClFN3S/c1-2-7-5-9-11(14)17-12(18-13(9)19-7)8-3-4-16-6-10(8)15/h3-6H,2H2,1H3. The Bertz CT molecular complexity index is 757. The topological polar surface area (TPSA) is 38.7 Å². The number of fused-ring (bicyclic) bond motifs is 1. The maximum atomic E-state index is 13.7.